The van der Waals surface area contributed by atoms with E-state index in [1.807, 2.05) is 0 Å². The summed E-state index contributed by atoms with van der Waals surface area (Å²) in [5.41, 5.74) is 0. The molecule has 0 spiro atoms. The van der Waals surface area contributed by atoms with Crippen LogP contribution in [0.5, 0.6) is 0 Å². The minimum Gasteiger partial charge on any atom is -0.531 e. The summed E-state index contributed by atoms with van der Waals surface area (Å²) >= 11 is 0. The van der Waals surface area contributed by atoms with Crippen LogP contribution in [0, 0.1) is 45.5 Å². The van der Waals surface area contributed by atoms with E-state index in [1.54, 1.807) is 6.08 Å². The van der Waals surface area contributed by atoms with Gasteiger partial charge in [-0.15, -0.1) is 0 Å². The molecular weight excluding hydrogens is 339 g/mol. The van der Waals surface area contributed by atoms with Gasteiger partial charge in [-0.3, -0.25) is 0 Å². The van der Waals surface area contributed by atoms with Crippen molar-refractivity contribution in [2.45, 2.75) is 13.3 Å². The van der Waals surface area contributed by atoms with Gasteiger partial charge < -0.3 is 25.5 Å². The third-order valence-corrected chi connectivity index (χ3v) is 1.53. The van der Waals surface area contributed by atoms with Gasteiger partial charge in [-0.05, 0) is 0 Å². The predicted molar refractivity (Wildman–Crippen MR) is 34.7 cm³/mol. The van der Waals surface area contributed by atoms with Crippen molar-refractivity contribution in [1.82, 2.24) is 0 Å². The Morgan fingerprint density at radius 3 is 2.78 bits per heavy atom. The van der Waals surface area contributed by atoms with Crippen molar-refractivity contribution in [2.24, 2.45) is 11.8 Å². The first-order valence-corrected chi connectivity index (χ1v) is 3.05. The molecule has 0 aromatic heterocycles. The molecule has 9 heavy (non-hydrogen) atoms. The second-order valence-electron chi connectivity index (χ2n) is 2.29. The van der Waals surface area contributed by atoms with Gasteiger partial charge in [0.1, 0.15) is 0 Å². The second kappa shape index (κ2) is 3.92. The normalized spacial score (nSPS) is 27.4. The maximum absolute atomic E-state index is 3.59. The zero-order valence-corrected chi connectivity index (χ0v) is 8.75. The monoisotopic (exact) mass is 348 g/mol. The molecule has 0 aliphatic heterocycles. The third kappa shape index (κ3) is 2.88. The van der Waals surface area contributed by atoms with Gasteiger partial charge in [0.25, 0.3) is 0 Å². The molecule has 0 nitrogen and oxygen atoms in total. The molecule has 1 saturated carbocycles. The fraction of sp³-hybridized carbons (Fsp3) is 0.500. The van der Waals surface area contributed by atoms with Crippen molar-refractivity contribution in [3.8, 4) is 0 Å². The Bertz CT molecular complexity index is 92.7. The third-order valence-electron chi connectivity index (χ3n) is 1.53. The molecule has 1 fully saturated rings. The Labute approximate surface area is 65.5 Å². The van der Waals surface area contributed by atoms with Crippen molar-refractivity contribution >= 4 is 0 Å². The molecule has 1 aliphatic rings. The number of rotatable bonds is 2. The summed E-state index contributed by atoms with van der Waals surface area (Å²) < 4.78 is 0. The van der Waals surface area contributed by atoms with Crippen molar-refractivity contribution in [3.05, 3.63) is 25.5 Å². The van der Waals surface area contributed by atoms with Crippen LogP contribution in [0.1, 0.15) is 13.3 Å². The molecule has 53 valence electrons. The van der Waals surface area contributed by atoms with Gasteiger partial charge in [0, 0.05) is 14.3 Å². The fourth-order valence-electron chi connectivity index (χ4n) is 0.796. The van der Waals surface area contributed by atoms with E-state index in [4.69, 9.17) is 0 Å². The zero-order chi connectivity index (χ0) is 5.98. The number of hydrogen-bond donors (Lipinski definition) is 0. The van der Waals surface area contributed by atoms with E-state index in [2.05, 4.69) is 26.3 Å². The Balaban J connectivity index is 0.000000640. The maximum Gasteiger partial charge on any atom is 0 e. The van der Waals surface area contributed by atoms with Crippen molar-refractivity contribution in [3.63, 3.8) is 0 Å². The number of hydrogen-bond acceptors (Lipinski definition) is 0. The van der Waals surface area contributed by atoms with Crippen molar-refractivity contribution in [2.75, 3.05) is 0 Å². The molecule has 0 N–H and O–H groups in total. The van der Waals surface area contributed by atoms with E-state index in [0.29, 0.717) is 5.92 Å². The first-order valence-electron chi connectivity index (χ1n) is 3.05. The van der Waals surface area contributed by atoms with E-state index >= 15 is 0 Å². The van der Waals surface area contributed by atoms with Crippen LogP contribution in [0.4, 0.5) is 0 Å². The molecule has 0 aromatic carbocycles. The van der Waals surface area contributed by atoms with Crippen LogP contribution >= 0.6 is 0 Å². The first-order chi connectivity index (χ1) is 3.84. The minimum absolute atomic E-state index is 0. The van der Waals surface area contributed by atoms with Gasteiger partial charge >= 0.3 is 0 Å². The maximum atomic E-state index is 3.59. The average Bonchev–Trinajstić information content (AvgIpc) is 2.45. The van der Waals surface area contributed by atoms with Crippen molar-refractivity contribution < 1.29 is 14.3 Å². The average molecular weight is 350 g/mol. The Morgan fingerprint density at radius 2 is 2.44 bits per heavy atom. The summed E-state index contributed by atoms with van der Waals surface area (Å²) in [7, 11) is 0. The Hall–Kier alpha value is -0.000390. The van der Waals surface area contributed by atoms with E-state index in [-0.39, 0.29) is 14.3 Å². The molecule has 0 heterocycles. The molecule has 0 amide bonds. The molecule has 1 heteroatoms. The fourth-order valence-corrected chi connectivity index (χ4v) is 0.796. The zero-order valence-electron chi connectivity index (χ0n) is 5.60. The smallest absolute Gasteiger partial charge is 0 e. The van der Waals surface area contributed by atoms with Crippen LogP contribution in [0.2, 0.25) is 0 Å². The summed E-state index contributed by atoms with van der Waals surface area (Å²) in [5, 5.41) is 0. The molecule has 0 bridgehead atoms. The standard InChI is InChI=1S/C8H11.Am/c1-3-4-7(2)8-5-6-8;/h3,5,7-8H,1,6H2,2H3;/q-3;. The van der Waals surface area contributed by atoms with E-state index in [0.717, 1.165) is 5.92 Å². The molecule has 0 aromatic rings. The molecule has 2 unspecified atom stereocenters. The second-order valence-corrected chi connectivity index (χ2v) is 2.29. The predicted octanol–water partition coefficient (Wildman–Crippen LogP) is 2.04. The van der Waals surface area contributed by atoms with Crippen LogP contribution in [0.25, 0.3) is 0 Å². The Kier molecular flexibility index (Phi) is 3.92. The SMILES string of the molecule is [Am].[CH2-]C=[C-]C(C)C1[CH-]C1. The summed E-state index contributed by atoms with van der Waals surface area (Å²) in [4.78, 5) is 0. The van der Waals surface area contributed by atoms with Crippen molar-refractivity contribution in [1.29, 1.82) is 0 Å². The summed E-state index contributed by atoms with van der Waals surface area (Å²) in [5.74, 6) is 1.42. The minimum atomic E-state index is 0. The van der Waals surface area contributed by atoms with E-state index in [9.17, 15) is 0 Å². The van der Waals surface area contributed by atoms with Gasteiger partial charge in [-0.25, -0.2) is 18.3 Å². The summed E-state index contributed by atoms with van der Waals surface area (Å²) in [6, 6.07) is 0. The van der Waals surface area contributed by atoms with Crippen LogP contribution in [-0.2, 0) is 0 Å². The summed E-state index contributed by atoms with van der Waals surface area (Å²) in [6.45, 7) is 5.76. The van der Waals surface area contributed by atoms with Crippen LogP contribution in [0.15, 0.2) is 6.08 Å². The molecule has 1 rings (SSSR count). The van der Waals surface area contributed by atoms with E-state index < -0.39 is 0 Å². The van der Waals surface area contributed by atoms with Gasteiger partial charge in [0.2, 0.25) is 0 Å². The molecule has 2 atom stereocenters. The molecular formula is C8H11Am-3. The van der Waals surface area contributed by atoms with Gasteiger partial charge in [-0.2, -0.15) is 0 Å². The topological polar surface area (TPSA) is 0 Å². The van der Waals surface area contributed by atoms with Gasteiger partial charge in [0.15, 0.2) is 0 Å². The van der Waals surface area contributed by atoms with Gasteiger partial charge in [0.05, 0.1) is 0 Å². The quantitative estimate of drug-likeness (QED) is 0.669. The number of allylic oxidation sites excluding steroid dienone is 2. The van der Waals surface area contributed by atoms with Crippen LogP contribution < -0.4 is 0 Å². The Morgan fingerprint density at radius 1 is 1.89 bits per heavy atom. The summed E-state index contributed by atoms with van der Waals surface area (Å²) in [6.07, 6.45) is 8.49. The van der Waals surface area contributed by atoms with E-state index in [1.165, 1.54) is 6.42 Å². The van der Waals surface area contributed by atoms with Crippen LogP contribution in [0.3, 0.4) is 0 Å². The van der Waals surface area contributed by atoms with Crippen LogP contribution in [-0.4, -0.2) is 0 Å². The molecule has 0 saturated heterocycles. The molecule has 1 radical (unpaired) electrons. The van der Waals surface area contributed by atoms with Gasteiger partial charge in [-0.1, -0.05) is 6.92 Å². The largest absolute Gasteiger partial charge is 0.531 e. The molecule has 1 aliphatic carbocycles. The first kappa shape index (κ1) is 9.00.